The van der Waals surface area contributed by atoms with Gasteiger partial charge in [0.25, 0.3) is 0 Å². The van der Waals surface area contributed by atoms with Crippen LogP contribution in [0.4, 0.5) is 0 Å². The third-order valence-corrected chi connectivity index (χ3v) is 7.47. The Morgan fingerprint density at radius 3 is 1.47 bits per heavy atom. The molecule has 176 valence electrons. The number of fused-ring (bicyclic) bond motifs is 2. The summed E-state index contributed by atoms with van der Waals surface area (Å²) in [4.78, 5) is 0. The van der Waals surface area contributed by atoms with Crippen LogP contribution in [0.15, 0.2) is 24.3 Å². The van der Waals surface area contributed by atoms with Gasteiger partial charge in [0.1, 0.15) is 11.5 Å². The van der Waals surface area contributed by atoms with Crippen LogP contribution >= 0.6 is 7.82 Å². The Balaban J connectivity index is 2.35. The van der Waals surface area contributed by atoms with Gasteiger partial charge in [-0.25, -0.2) is 4.57 Å². The lowest BCUT2D eigenvalue weighted by Gasteiger charge is -2.30. The number of hydrogen-bond acceptors (Lipinski definition) is 4. The number of phosphoric acid groups is 1. The molecule has 3 rings (SSSR count). The third-order valence-electron chi connectivity index (χ3n) is 6.09. The first-order valence-corrected chi connectivity index (χ1v) is 13.4. The van der Waals surface area contributed by atoms with E-state index in [0.717, 1.165) is 22.3 Å². The second kappa shape index (κ2) is 9.61. The Labute approximate surface area is 194 Å². The van der Waals surface area contributed by atoms with Gasteiger partial charge in [0, 0.05) is 6.42 Å². The summed E-state index contributed by atoms with van der Waals surface area (Å²) in [5.74, 6) is 2.48. The molecule has 0 saturated heterocycles. The Kier molecular flexibility index (Phi) is 7.47. The smallest absolute Gasteiger partial charge is 0.394 e. The Bertz CT molecular complexity index is 945. The van der Waals surface area contributed by atoms with E-state index in [1.807, 2.05) is 6.92 Å². The molecule has 0 fully saturated rings. The molecule has 1 heterocycles. The maximum atomic E-state index is 13.9. The fourth-order valence-corrected chi connectivity index (χ4v) is 5.50. The molecule has 0 unspecified atom stereocenters. The van der Waals surface area contributed by atoms with Gasteiger partial charge in [0.2, 0.25) is 0 Å². The minimum absolute atomic E-state index is 0.213. The van der Waals surface area contributed by atoms with E-state index in [9.17, 15) is 4.57 Å². The van der Waals surface area contributed by atoms with Crippen LogP contribution in [0.1, 0.15) is 119 Å². The summed E-state index contributed by atoms with van der Waals surface area (Å²) in [6.07, 6.45) is 0.664. The number of hydrogen-bond donors (Lipinski definition) is 0. The highest BCUT2D eigenvalue weighted by Crippen LogP contribution is 2.56. The van der Waals surface area contributed by atoms with Crippen molar-refractivity contribution in [1.29, 1.82) is 0 Å². The van der Waals surface area contributed by atoms with E-state index in [4.69, 9.17) is 13.6 Å². The van der Waals surface area contributed by atoms with Crippen molar-refractivity contribution >= 4 is 7.82 Å². The summed E-state index contributed by atoms with van der Waals surface area (Å²) in [6.45, 7) is 19.4. The van der Waals surface area contributed by atoms with Gasteiger partial charge in [-0.3, -0.25) is 4.52 Å². The van der Waals surface area contributed by atoms with E-state index in [2.05, 4.69) is 79.7 Å². The van der Waals surface area contributed by atoms with Gasteiger partial charge in [0.15, 0.2) is 0 Å². The summed E-state index contributed by atoms with van der Waals surface area (Å²) in [5, 5.41) is 0. The van der Waals surface area contributed by atoms with Gasteiger partial charge in [0.05, 0.1) is 6.61 Å². The van der Waals surface area contributed by atoms with Gasteiger partial charge in [-0.05, 0) is 64.0 Å². The molecule has 0 spiro atoms. The maximum absolute atomic E-state index is 13.9. The first-order chi connectivity index (χ1) is 15.0. The molecule has 4 nitrogen and oxygen atoms in total. The summed E-state index contributed by atoms with van der Waals surface area (Å²) in [7, 11) is -3.86. The highest BCUT2D eigenvalue weighted by Gasteiger charge is 2.37. The Hall–Kier alpha value is -1.77. The molecule has 2 aromatic carbocycles. The molecule has 0 atom stereocenters. The minimum atomic E-state index is -3.86. The van der Waals surface area contributed by atoms with Crippen molar-refractivity contribution < 1.29 is 18.1 Å². The summed E-state index contributed by atoms with van der Waals surface area (Å²) >= 11 is 0. The molecule has 32 heavy (non-hydrogen) atoms. The number of benzene rings is 2. The van der Waals surface area contributed by atoms with Crippen molar-refractivity contribution in [3.05, 3.63) is 57.6 Å². The van der Waals surface area contributed by atoms with Crippen LogP contribution in [0, 0.1) is 0 Å². The van der Waals surface area contributed by atoms with Gasteiger partial charge >= 0.3 is 7.82 Å². The summed E-state index contributed by atoms with van der Waals surface area (Å²) in [5.41, 5.74) is 6.69. The molecule has 0 aliphatic carbocycles. The van der Waals surface area contributed by atoms with E-state index in [-0.39, 0.29) is 18.4 Å². The summed E-state index contributed by atoms with van der Waals surface area (Å²) < 4.78 is 31.9. The monoisotopic (exact) mass is 458 g/mol. The van der Waals surface area contributed by atoms with Gasteiger partial charge in [-0.15, -0.1) is 0 Å². The van der Waals surface area contributed by atoms with Crippen molar-refractivity contribution in [1.82, 2.24) is 0 Å². The van der Waals surface area contributed by atoms with Gasteiger partial charge < -0.3 is 9.05 Å². The van der Waals surface area contributed by atoms with Crippen molar-refractivity contribution in [3.63, 3.8) is 0 Å². The largest absolute Gasteiger partial charge is 0.587 e. The Morgan fingerprint density at radius 2 is 1.16 bits per heavy atom. The molecule has 0 aromatic heterocycles. The highest BCUT2D eigenvalue weighted by molar-refractivity contribution is 7.49. The minimum Gasteiger partial charge on any atom is -0.394 e. The molecule has 1 aliphatic rings. The van der Waals surface area contributed by atoms with Crippen LogP contribution in [-0.4, -0.2) is 6.61 Å². The van der Waals surface area contributed by atoms with Crippen molar-refractivity contribution in [3.8, 4) is 11.5 Å². The fraction of sp³-hybridized carbons (Fsp3) is 0.556. The lowest BCUT2D eigenvalue weighted by Crippen LogP contribution is -2.15. The number of rotatable bonds is 6. The molecule has 0 N–H and O–H groups in total. The molecule has 2 aromatic rings. The first kappa shape index (κ1) is 24.9. The topological polar surface area (TPSA) is 44.8 Å². The molecule has 0 saturated carbocycles. The van der Waals surface area contributed by atoms with Crippen LogP contribution in [0.25, 0.3) is 0 Å². The standard InChI is InChI=1S/C27H39O4P/c1-10-29-32(28)30-26-22(11-20(16(2)3)14-24(26)18(6)7)13-23-12-21(17(4)5)15-25(19(8)9)27(23)31-32/h11-12,14-19H,10,13H2,1-9H3. The highest BCUT2D eigenvalue weighted by atomic mass is 31.2. The average Bonchev–Trinajstić information content (AvgIpc) is 2.68. The zero-order valence-electron chi connectivity index (χ0n) is 21.1. The van der Waals surface area contributed by atoms with Crippen LogP contribution < -0.4 is 9.05 Å². The summed E-state index contributed by atoms with van der Waals surface area (Å²) in [6, 6.07) is 8.76. The maximum Gasteiger partial charge on any atom is 0.587 e. The van der Waals surface area contributed by atoms with E-state index in [1.54, 1.807) is 0 Å². The second-order valence-corrected chi connectivity index (χ2v) is 11.6. The van der Waals surface area contributed by atoms with Crippen molar-refractivity contribution in [2.24, 2.45) is 0 Å². The lowest BCUT2D eigenvalue weighted by molar-refractivity contribution is 0.216. The van der Waals surface area contributed by atoms with Gasteiger partial charge in [-0.2, -0.15) is 0 Å². The molecule has 0 amide bonds. The van der Waals surface area contributed by atoms with E-state index >= 15 is 0 Å². The normalized spacial score (nSPS) is 15.3. The predicted octanol–water partition coefficient (Wildman–Crippen LogP) is 8.69. The molecular weight excluding hydrogens is 419 g/mol. The van der Waals surface area contributed by atoms with Crippen LogP contribution in [0.5, 0.6) is 11.5 Å². The predicted molar refractivity (Wildman–Crippen MR) is 133 cm³/mol. The SMILES string of the molecule is CCOP1(=O)Oc2c(cc(C(C)C)cc2C(C)C)Cc2cc(C(C)C)cc(C(C)C)c2O1. The first-order valence-electron chi connectivity index (χ1n) is 11.9. The van der Waals surface area contributed by atoms with E-state index in [1.165, 1.54) is 11.1 Å². The van der Waals surface area contributed by atoms with Crippen LogP contribution in [-0.2, 0) is 15.5 Å². The molecule has 0 radical (unpaired) electrons. The fourth-order valence-electron chi connectivity index (χ4n) is 4.15. The third kappa shape index (κ3) is 5.07. The van der Waals surface area contributed by atoms with Gasteiger partial charge in [-0.1, -0.05) is 79.7 Å². The van der Waals surface area contributed by atoms with E-state index in [0.29, 0.717) is 29.8 Å². The van der Waals surface area contributed by atoms with Crippen molar-refractivity contribution in [2.45, 2.75) is 92.4 Å². The molecular formula is C27H39O4P. The number of phosphoric ester groups is 1. The molecule has 0 bridgehead atoms. The zero-order valence-corrected chi connectivity index (χ0v) is 22.0. The molecule has 1 aliphatic heterocycles. The Morgan fingerprint density at radius 1 is 0.750 bits per heavy atom. The zero-order chi connectivity index (χ0) is 23.8. The molecule has 5 heteroatoms. The van der Waals surface area contributed by atoms with Crippen LogP contribution in [0.3, 0.4) is 0 Å². The lowest BCUT2D eigenvalue weighted by atomic mass is 9.87. The average molecular weight is 459 g/mol. The second-order valence-electron chi connectivity index (χ2n) is 10.0. The van der Waals surface area contributed by atoms with Crippen molar-refractivity contribution in [2.75, 3.05) is 6.61 Å². The van der Waals surface area contributed by atoms with Crippen LogP contribution in [0.2, 0.25) is 0 Å². The van der Waals surface area contributed by atoms with E-state index < -0.39 is 7.82 Å². The quantitative estimate of drug-likeness (QED) is 0.406.